The first-order valence-electron chi connectivity index (χ1n) is 6.19. The van der Waals surface area contributed by atoms with Gasteiger partial charge >= 0.3 is 6.18 Å². The lowest BCUT2D eigenvalue weighted by Gasteiger charge is -2.16. The van der Waals surface area contributed by atoms with Gasteiger partial charge in [-0.25, -0.2) is 13.8 Å². The fourth-order valence-corrected chi connectivity index (χ4v) is 2.89. The van der Waals surface area contributed by atoms with E-state index in [9.17, 15) is 22.0 Å². The zero-order valence-corrected chi connectivity index (χ0v) is 13.1. The lowest BCUT2D eigenvalue weighted by molar-refractivity contribution is -0.153. The van der Waals surface area contributed by atoms with Crippen LogP contribution >= 0.6 is 22.9 Å². The molecule has 1 aromatic carbocycles. The molecule has 2 aromatic rings. The number of nitrogens with zero attached hydrogens (tertiary/aromatic N) is 1. The molecule has 0 saturated carbocycles. The lowest BCUT2D eigenvalue weighted by atomic mass is 10.1. The third-order valence-corrected chi connectivity index (χ3v) is 4.13. The smallest absolute Gasteiger partial charge is 0.422 e. The zero-order valence-electron chi connectivity index (χ0n) is 11.5. The fraction of sp³-hybridized carbons (Fsp3) is 0.308. The highest BCUT2D eigenvalue weighted by Crippen LogP contribution is 2.34. The van der Waals surface area contributed by atoms with Crippen molar-refractivity contribution in [1.82, 2.24) is 10.3 Å². The van der Waals surface area contributed by atoms with Gasteiger partial charge in [-0.2, -0.15) is 13.2 Å². The molecule has 2 rings (SSSR count). The van der Waals surface area contributed by atoms with Crippen molar-refractivity contribution in [3.05, 3.63) is 45.4 Å². The second kappa shape index (κ2) is 6.98. The van der Waals surface area contributed by atoms with Crippen LogP contribution in [0.2, 0.25) is 5.02 Å². The van der Waals surface area contributed by atoms with E-state index in [1.807, 2.05) is 0 Å². The van der Waals surface area contributed by atoms with Crippen molar-refractivity contribution >= 4 is 22.9 Å². The largest absolute Gasteiger partial charge is 0.460 e. The Labute approximate surface area is 137 Å². The summed E-state index contributed by atoms with van der Waals surface area (Å²) in [5, 5.41) is 1.92. The van der Waals surface area contributed by atoms with Gasteiger partial charge in [-0.1, -0.05) is 29.0 Å². The van der Waals surface area contributed by atoms with Crippen LogP contribution in [0, 0.1) is 11.6 Å². The first kappa shape index (κ1) is 17.9. The molecule has 0 aliphatic rings. The zero-order chi connectivity index (χ0) is 17.2. The first-order valence-corrected chi connectivity index (χ1v) is 7.38. The van der Waals surface area contributed by atoms with Crippen molar-refractivity contribution in [3.63, 3.8) is 0 Å². The van der Waals surface area contributed by atoms with Crippen LogP contribution in [-0.4, -0.2) is 24.8 Å². The van der Waals surface area contributed by atoms with E-state index >= 15 is 0 Å². The molecule has 1 atom stereocenters. The van der Waals surface area contributed by atoms with Gasteiger partial charge in [-0.15, -0.1) is 0 Å². The highest BCUT2D eigenvalue weighted by atomic mass is 35.5. The molecule has 3 nitrogen and oxygen atoms in total. The molecule has 0 bridgehead atoms. The molecule has 0 fully saturated rings. The summed E-state index contributed by atoms with van der Waals surface area (Å²) in [6.07, 6.45) is -3.22. The molecule has 1 aromatic heterocycles. The summed E-state index contributed by atoms with van der Waals surface area (Å²) in [5.74, 6) is -1.85. The maximum atomic E-state index is 14.1. The average Bonchev–Trinajstić information content (AvgIpc) is 2.94. The minimum Gasteiger partial charge on any atom is -0.460 e. The molecule has 1 N–H and O–H groups in total. The van der Waals surface area contributed by atoms with Crippen LogP contribution < -0.4 is 10.1 Å². The number of halogens is 6. The van der Waals surface area contributed by atoms with Gasteiger partial charge in [-0.3, -0.25) is 0 Å². The van der Waals surface area contributed by atoms with Crippen LogP contribution in [0.15, 0.2) is 18.3 Å². The summed E-state index contributed by atoms with van der Waals surface area (Å²) in [6.45, 7) is -1.47. The maximum Gasteiger partial charge on any atom is 0.422 e. The van der Waals surface area contributed by atoms with E-state index in [4.69, 9.17) is 11.6 Å². The monoisotopic (exact) mass is 372 g/mol. The molecule has 0 spiro atoms. The molecule has 0 saturated heterocycles. The minimum atomic E-state index is -4.48. The summed E-state index contributed by atoms with van der Waals surface area (Å²) in [4.78, 5) is 4.10. The summed E-state index contributed by atoms with van der Waals surface area (Å²) in [7, 11) is 1.51. The van der Waals surface area contributed by atoms with Gasteiger partial charge in [0.15, 0.2) is 6.61 Å². The molecule has 0 aliphatic carbocycles. The van der Waals surface area contributed by atoms with Crippen molar-refractivity contribution in [2.75, 3.05) is 13.7 Å². The van der Waals surface area contributed by atoms with E-state index in [2.05, 4.69) is 15.0 Å². The van der Waals surface area contributed by atoms with Gasteiger partial charge in [0.25, 0.3) is 5.19 Å². The molecule has 0 amide bonds. The molecular formula is C13H10ClF5N2OS. The van der Waals surface area contributed by atoms with Gasteiger partial charge in [-0.05, 0) is 13.1 Å². The molecule has 0 aliphatic heterocycles. The van der Waals surface area contributed by atoms with Crippen molar-refractivity contribution < 1.29 is 26.7 Å². The topological polar surface area (TPSA) is 34.2 Å². The number of hydrogen-bond donors (Lipinski definition) is 1. The molecule has 1 heterocycles. The van der Waals surface area contributed by atoms with E-state index < -0.39 is 35.5 Å². The van der Waals surface area contributed by atoms with Gasteiger partial charge in [0.1, 0.15) is 16.7 Å². The van der Waals surface area contributed by atoms with E-state index in [1.54, 1.807) is 0 Å². The second-order valence-corrected chi connectivity index (χ2v) is 5.82. The third kappa shape index (κ3) is 4.30. The van der Waals surface area contributed by atoms with Crippen LogP contribution in [0.25, 0.3) is 0 Å². The number of thiazole rings is 1. The Balaban J connectivity index is 2.25. The van der Waals surface area contributed by atoms with E-state index in [0.717, 1.165) is 17.4 Å². The van der Waals surface area contributed by atoms with E-state index in [-0.39, 0.29) is 10.8 Å². The number of rotatable bonds is 5. The number of aromatic nitrogens is 1. The number of alkyl halides is 3. The highest BCUT2D eigenvalue weighted by Gasteiger charge is 2.29. The third-order valence-electron chi connectivity index (χ3n) is 2.81. The number of benzene rings is 1. The Kier molecular flexibility index (Phi) is 5.43. The predicted molar refractivity (Wildman–Crippen MR) is 75.9 cm³/mol. The normalized spacial score (nSPS) is 13.2. The van der Waals surface area contributed by atoms with E-state index in [0.29, 0.717) is 4.88 Å². The Hall–Kier alpha value is -1.45. The summed E-state index contributed by atoms with van der Waals surface area (Å²) < 4.78 is 68.2. The number of nitrogens with one attached hydrogen (secondary N) is 1. The van der Waals surface area contributed by atoms with Crippen molar-refractivity contribution in [1.29, 1.82) is 0 Å². The molecule has 1 unspecified atom stereocenters. The minimum absolute atomic E-state index is 0.0462. The summed E-state index contributed by atoms with van der Waals surface area (Å²) in [5.41, 5.74) is 0.0462. The van der Waals surface area contributed by atoms with Crippen molar-refractivity contribution in [2.45, 2.75) is 12.2 Å². The molecule has 0 radical (unpaired) electrons. The Morgan fingerprint density at radius 3 is 2.65 bits per heavy atom. The molecule has 126 valence electrons. The van der Waals surface area contributed by atoms with Gasteiger partial charge < -0.3 is 10.1 Å². The maximum absolute atomic E-state index is 14.1. The fourth-order valence-electron chi connectivity index (χ4n) is 1.83. The standard InChI is InChI=1S/C13H10ClF5N2OS/c1-20-11(6-2-3-7(15)9(14)10(6)16)8-4-21-12(23-8)22-5-13(17,18)19/h2-4,11,20H,5H2,1H3. The number of ether oxygens (including phenoxy) is 1. The Morgan fingerprint density at radius 1 is 1.35 bits per heavy atom. The van der Waals surface area contributed by atoms with Crippen LogP contribution in [0.5, 0.6) is 5.19 Å². The quantitative estimate of drug-likeness (QED) is 0.627. The van der Waals surface area contributed by atoms with Gasteiger partial charge in [0, 0.05) is 16.6 Å². The number of hydrogen-bond acceptors (Lipinski definition) is 4. The van der Waals surface area contributed by atoms with Crippen molar-refractivity contribution in [3.8, 4) is 5.19 Å². The van der Waals surface area contributed by atoms with E-state index in [1.165, 1.54) is 19.3 Å². The first-order chi connectivity index (χ1) is 10.7. The molecule has 10 heteroatoms. The molecule has 23 heavy (non-hydrogen) atoms. The second-order valence-electron chi connectivity index (χ2n) is 4.42. The van der Waals surface area contributed by atoms with Crippen LogP contribution in [0.4, 0.5) is 22.0 Å². The van der Waals surface area contributed by atoms with Gasteiger partial charge in [0.2, 0.25) is 0 Å². The molecular weight excluding hydrogens is 363 g/mol. The van der Waals surface area contributed by atoms with Crippen LogP contribution in [0.1, 0.15) is 16.5 Å². The Bertz CT molecular complexity index is 691. The van der Waals surface area contributed by atoms with Crippen LogP contribution in [-0.2, 0) is 0 Å². The highest BCUT2D eigenvalue weighted by molar-refractivity contribution is 7.13. The summed E-state index contributed by atoms with van der Waals surface area (Å²) >= 11 is 6.36. The summed E-state index contributed by atoms with van der Waals surface area (Å²) in [6, 6.07) is 1.45. The lowest BCUT2D eigenvalue weighted by Crippen LogP contribution is -2.19. The van der Waals surface area contributed by atoms with Crippen LogP contribution in [0.3, 0.4) is 0 Å². The van der Waals surface area contributed by atoms with Crippen molar-refractivity contribution in [2.24, 2.45) is 0 Å². The van der Waals surface area contributed by atoms with Gasteiger partial charge in [0.05, 0.1) is 6.04 Å². The Morgan fingerprint density at radius 2 is 2.04 bits per heavy atom. The average molecular weight is 373 g/mol. The predicted octanol–water partition coefficient (Wildman–Crippen LogP) is 4.32. The SMILES string of the molecule is CNC(c1cnc(OCC(F)(F)F)s1)c1ccc(F)c(Cl)c1F.